The van der Waals surface area contributed by atoms with E-state index in [1.807, 2.05) is 49.7 Å². The Morgan fingerprint density at radius 2 is 1.90 bits per heavy atom. The number of halogens is 1. The van der Waals surface area contributed by atoms with E-state index in [9.17, 15) is 14.0 Å². The maximum Gasteiger partial charge on any atom is 0.410 e. The van der Waals surface area contributed by atoms with Gasteiger partial charge >= 0.3 is 6.09 Å². The molecular formula is C30H34FN7O4. The van der Waals surface area contributed by atoms with Crippen LogP contribution in [0, 0.1) is 5.82 Å². The summed E-state index contributed by atoms with van der Waals surface area (Å²) in [5.41, 5.74) is 8.68. The van der Waals surface area contributed by atoms with Crippen LogP contribution in [0.5, 0.6) is 5.75 Å². The van der Waals surface area contributed by atoms with Gasteiger partial charge in [0, 0.05) is 25.2 Å². The Morgan fingerprint density at radius 3 is 2.62 bits per heavy atom. The van der Waals surface area contributed by atoms with E-state index >= 15 is 0 Å². The number of hydrogen-bond acceptors (Lipinski definition) is 8. The highest BCUT2D eigenvalue weighted by atomic mass is 19.1. The number of nitrogens with zero attached hydrogens (tertiary/aromatic N) is 5. The van der Waals surface area contributed by atoms with Gasteiger partial charge in [-0.05, 0) is 57.4 Å². The van der Waals surface area contributed by atoms with E-state index in [1.165, 1.54) is 25.6 Å². The molecule has 4 aromatic rings. The average Bonchev–Trinajstić information content (AvgIpc) is 3.36. The number of piperidine rings is 1. The molecule has 220 valence electrons. The number of ether oxygens (including phenoxy) is 2. The molecule has 1 aliphatic heterocycles. The second kappa shape index (κ2) is 11.6. The Morgan fingerprint density at radius 1 is 1.14 bits per heavy atom. The fraction of sp³-hybridized carbons (Fsp3) is 0.367. The molecule has 12 heteroatoms. The summed E-state index contributed by atoms with van der Waals surface area (Å²) in [4.78, 5) is 35.8. The summed E-state index contributed by atoms with van der Waals surface area (Å²) in [7, 11) is 1.43. The summed E-state index contributed by atoms with van der Waals surface area (Å²) < 4.78 is 26.3. The summed E-state index contributed by atoms with van der Waals surface area (Å²) in [6, 6.07) is 11.2. The Labute approximate surface area is 242 Å². The van der Waals surface area contributed by atoms with Crippen molar-refractivity contribution in [3.63, 3.8) is 0 Å². The number of benzene rings is 2. The molecule has 3 N–H and O–H groups in total. The Kier molecular flexibility index (Phi) is 7.97. The lowest BCUT2D eigenvalue weighted by Gasteiger charge is -2.34. The maximum atomic E-state index is 13.7. The number of amides is 2. The first-order chi connectivity index (χ1) is 20.0. The van der Waals surface area contributed by atoms with Gasteiger partial charge in [0.15, 0.2) is 5.65 Å². The summed E-state index contributed by atoms with van der Waals surface area (Å²) in [5.74, 6) is -0.371. The standard InChI is InChI=1S/C30H34FN7O4/c1-30(2,3)42-29(40)37-13-5-6-21(16-37)38-27-24(26(32)34-17-35-27)25(36-38)19-9-7-18(8-10-19)15-33-28(39)22-14-20(31)11-12-23(22)41-4/h7-12,14,17,21H,5-6,13,15-16H2,1-4H3,(H,33,39)(H2,32,34,35)/t21-/m1/s1. The predicted molar refractivity (Wildman–Crippen MR) is 155 cm³/mol. The van der Waals surface area contributed by atoms with Gasteiger partial charge in [0.25, 0.3) is 5.91 Å². The van der Waals surface area contributed by atoms with Crippen LogP contribution >= 0.6 is 0 Å². The first-order valence-electron chi connectivity index (χ1n) is 13.7. The van der Waals surface area contributed by atoms with Gasteiger partial charge in [-0.25, -0.2) is 23.8 Å². The number of methoxy groups -OCH3 is 1. The third kappa shape index (κ3) is 6.12. The van der Waals surface area contributed by atoms with Crippen LogP contribution in [0.15, 0.2) is 48.8 Å². The highest BCUT2D eigenvalue weighted by Crippen LogP contribution is 2.34. The zero-order valence-electron chi connectivity index (χ0n) is 24.1. The largest absolute Gasteiger partial charge is 0.496 e. The molecule has 1 aliphatic rings. The van der Waals surface area contributed by atoms with Gasteiger partial charge in [0.05, 0.1) is 24.1 Å². The smallest absolute Gasteiger partial charge is 0.410 e. The van der Waals surface area contributed by atoms with Crippen LogP contribution in [0.25, 0.3) is 22.3 Å². The minimum absolute atomic E-state index is 0.119. The van der Waals surface area contributed by atoms with Crippen LogP contribution in [0.4, 0.5) is 15.0 Å². The number of likely N-dealkylation sites (tertiary alicyclic amines) is 1. The molecule has 1 saturated heterocycles. The number of aromatic nitrogens is 4. The van der Waals surface area contributed by atoms with E-state index in [2.05, 4.69) is 15.3 Å². The van der Waals surface area contributed by atoms with E-state index < -0.39 is 17.3 Å². The zero-order valence-corrected chi connectivity index (χ0v) is 24.1. The van der Waals surface area contributed by atoms with Crippen LogP contribution in [0.2, 0.25) is 0 Å². The molecule has 2 aromatic carbocycles. The van der Waals surface area contributed by atoms with E-state index in [0.29, 0.717) is 41.4 Å². The van der Waals surface area contributed by atoms with Crippen LogP contribution in [-0.2, 0) is 11.3 Å². The molecular weight excluding hydrogens is 541 g/mol. The highest BCUT2D eigenvalue weighted by molar-refractivity contribution is 5.98. The van der Waals surface area contributed by atoms with Gasteiger partial charge in [-0.15, -0.1) is 0 Å². The van der Waals surface area contributed by atoms with E-state index in [-0.39, 0.29) is 24.2 Å². The number of nitrogens with two attached hydrogens (primary N) is 1. The highest BCUT2D eigenvalue weighted by Gasteiger charge is 2.31. The van der Waals surface area contributed by atoms with Crippen molar-refractivity contribution in [1.29, 1.82) is 0 Å². The van der Waals surface area contributed by atoms with E-state index in [1.54, 1.807) is 4.90 Å². The van der Waals surface area contributed by atoms with Crippen molar-refractivity contribution in [3.05, 3.63) is 65.7 Å². The van der Waals surface area contributed by atoms with Gasteiger partial charge in [0.1, 0.15) is 35.0 Å². The third-order valence-electron chi connectivity index (χ3n) is 7.00. The van der Waals surface area contributed by atoms with Crippen molar-refractivity contribution in [1.82, 2.24) is 30.0 Å². The molecule has 5 rings (SSSR count). The van der Waals surface area contributed by atoms with Crippen molar-refractivity contribution in [2.45, 2.75) is 51.8 Å². The summed E-state index contributed by atoms with van der Waals surface area (Å²) in [6.07, 6.45) is 2.67. The number of anilines is 1. The second-order valence-corrected chi connectivity index (χ2v) is 11.2. The lowest BCUT2D eigenvalue weighted by atomic mass is 10.1. The topological polar surface area (TPSA) is 137 Å². The minimum atomic E-state index is -0.585. The van der Waals surface area contributed by atoms with E-state index in [0.717, 1.165) is 30.0 Å². The molecule has 2 aromatic heterocycles. The van der Waals surface area contributed by atoms with Crippen molar-refractivity contribution in [2.75, 3.05) is 25.9 Å². The first-order valence-corrected chi connectivity index (χ1v) is 13.7. The number of nitrogen functional groups attached to an aromatic ring is 1. The molecule has 1 fully saturated rings. The van der Waals surface area contributed by atoms with Crippen LogP contribution in [0.1, 0.15) is 55.6 Å². The van der Waals surface area contributed by atoms with Gasteiger partial charge in [-0.2, -0.15) is 5.10 Å². The van der Waals surface area contributed by atoms with Gasteiger partial charge in [-0.3, -0.25) is 4.79 Å². The van der Waals surface area contributed by atoms with Gasteiger partial charge < -0.3 is 25.4 Å². The molecule has 0 spiro atoms. The lowest BCUT2D eigenvalue weighted by molar-refractivity contribution is 0.0169. The number of carbonyl (C=O) groups is 2. The number of rotatable bonds is 6. The number of nitrogens with one attached hydrogen (secondary N) is 1. The fourth-order valence-corrected chi connectivity index (χ4v) is 5.01. The van der Waals surface area contributed by atoms with E-state index in [4.69, 9.17) is 20.3 Å². The van der Waals surface area contributed by atoms with Crippen LogP contribution < -0.4 is 15.8 Å². The molecule has 1 atom stereocenters. The monoisotopic (exact) mass is 575 g/mol. The van der Waals surface area contributed by atoms with Crippen LogP contribution in [-0.4, -0.2) is 62.4 Å². The molecule has 3 heterocycles. The second-order valence-electron chi connectivity index (χ2n) is 11.2. The number of fused-ring (bicyclic) bond motifs is 1. The zero-order chi connectivity index (χ0) is 30.0. The molecule has 42 heavy (non-hydrogen) atoms. The molecule has 0 saturated carbocycles. The third-order valence-corrected chi connectivity index (χ3v) is 7.00. The van der Waals surface area contributed by atoms with Crippen molar-refractivity contribution < 1.29 is 23.5 Å². The summed E-state index contributed by atoms with van der Waals surface area (Å²) >= 11 is 0. The molecule has 0 radical (unpaired) electrons. The number of carbonyl (C=O) groups excluding carboxylic acids is 2. The van der Waals surface area contributed by atoms with Crippen molar-refractivity contribution in [3.8, 4) is 17.0 Å². The average molecular weight is 576 g/mol. The number of hydrogen-bond donors (Lipinski definition) is 2. The van der Waals surface area contributed by atoms with Crippen molar-refractivity contribution >= 4 is 28.9 Å². The SMILES string of the molecule is COc1ccc(F)cc1C(=O)NCc1ccc(-c2nn([C@@H]3CCCN(C(=O)OC(C)(C)C)C3)c3ncnc(N)c23)cc1. The van der Waals surface area contributed by atoms with Crippen molar-refractivity contribution in [2.24, 2.45) is 0 Å². The summed E-state index contributed by atoms with van der Waals surface area (Å²) in [5, 5.41) is 8.35. The Hall–Kier alpha value is -4.74. The fourth-order valence-electron chi connectivity index (χ4n) is 5.01. The Balaban J connectivity index is 1.37. The maximum absolute atomic E-state index is 13.7. The molecule has 11 nitrogen and oxygen atoms in total. The normalized spacial score (nSPS) is 15.5. The molecule has 2 amide bonds. The Bertz CT molecular complexity index is 1610. The molecule has 0 bridgehead atoms. The molecule has 0 aliphatic carbocycles. The minimum Gasteiger partial charge on any atom is -0.496 e. The molecule has 0 unspecified atom stereocenters. The van der Waals surface area contributed by atoms with Gasteiger partial charge in [-0.1, -0.05) is 24.3 Å². The lowest BCUT2D eigenvalue weighted by Crippen LogP contribution is -2.43. The predicted octanol–water partition coefficient (Wildman–Crippen LogP) is 4.73. The van der Waals surface area contributed by atoms with Gasteiger partial charge in [0.2, 0.25) is 0 Å². The summed E-state index contributed by atoms with van der Waals surface area (Å²) in [6.45, 7) is 6.81. The van der Waals surface area contributed by atoms with Crippen LogP contribution in [0.3, 0.4) is 0 Å². The quantitative estimate of drug-likeness (QED) is 0.337. The first kappa shape index (κ1) is 28.8.